The van der Waals surface area contributed by atoms with E-state index in [0.717, 1.165) is 38.2 Å². The number of hydrogen-bond donors (Lipinski definition) is 1. The summed E-state index contributed by atoms with van der Waals surface area (Å²) in [6.07, 6.45) is 10.3. The molecule has 1 aliphatic heterocycles. The van der Waals surface area contributed by atoms with Crippen molar-refractivity contribution in [3.05, 3.63) is 12.3 Å². The molecule has 2 saturated carbocycles. The molecule has 1 saturated heterocycles. The Morgan fingerprint density at radius 1 is 1.26 bits per heavy atom. The highest BCUT2D eigenvalue weighted by molar-refractivity contribution is 5.90. The monoisotopic (exact) mass is 372 g/mol. The van der Waals surface area contributed by atoms with E-state index in [0.29, 0.717) is 29.6 Å². The number of carbonyl (C=O) groups excluding carboxylic acids is 2. The second-order valence-electron chi connectivity index (χ2n) is 9.19. The SMILES string of the molecule is CC(C)CC(=O)Nc1ccnn1C1CCN(C(=O)[C@H]2CC23CCCC3)CC1. The number of likely N-dealkylation sites (tertiary alicyclic amines) is 1. The standard InChI is InChI=1S/C21H32N4O2/c1-15(2)13-19(26)23-18-5-10-22-25(18)16-6-11-24(12-7-16)20(27)17-14-21(17)8-3-4-9-21/h5,10,15-17H,3-4,6-9,11-14H2,1-2H3,(H,23,26)/t17-/m1/s1. The van der Waals surface area contributed by atoms with Crippen molar-refractivity contribution in [2.45, 2.75) is 71.3 Å². The van der Waals surface area contributed by atoms with E-state index in [9.17, 15) is 9.59 Å². The summed E-state index contributed by atoms with van der Waals surface area (Å²) in [5.74, 6) is 1.84. The largest absolute Gasteiger partial charge is 0.342 e. The van der Waals surface area contributed by atoms with Gasteiger partial charge in [-0.2, -0.15) is 5.10 Å². The number of carbonyl (C=O) groups is 2. The molecule has 1 aromatic rings. The highest BCUT2D eigenvalue weighted by Crippen LogP contribution is 2.63. The van der Waals surface area contributed by atoms with E-state index in [4.69, 9.17) is 0 Å². The predicted molar refractivity (Wildman–Crippen MR) is 104 cm³/mol. The van der Waals surface area contributed by atoms with Crippen molar-refractivity contribution in [2.24, 2.45) is 17.3 Å². The van der Waals surface area contributed by atoms with Gasteiger partial charge in [0.05, 0.1) is 12.2 Å². The van der Waals surface area contributed by atoms with E-state index in [-0.39, 0.29) is 11.9 Å². The molecular formula is C21H32N4O2. The molecule has 0 unspecified atom stereocenters. The number of hydrogen-bond acceptors (Lipinski definition) is 3. The van der Waals surface area contributed by atoms with Gasteiger partial charge in [-0.1, -0.05) is 26.7 Å². The summed E-state index contributed by atoms with van der Waals surface area (Å²) < 4.78 is 1.94. The normalized spacial score (nSPS) is 24.6. The Kier molecular flexibility index (Phi) is 4.99. The molecule has 6 heteroatoms. The van der Waals surface area contributed by atoms with E-state index in [1.807, 2.05) is 24.6 Å². The second kappa shape index (κ2) is 7.28. The number of aromatic nitrogens is 2. The Labute approximate surface area is 161 Å². The van der Waals surface area contributed by atoms with Gasteiger partial charge in [-0.15, -0.1) is 0 Å². The Hall–Kier alpha value is -1.85. The van der Waals surface area contributed by atoms with Crippen molar-refractivity contribution >= 4 is 17.6 Å². The van der Waals surface area contributed by atoms with Crippen molar-refractivity contribution in [2.75, 3.05) is 18.4 Å². The van der Waals surface area contributed by atoms with Gasteiger partial charge in [-0.3, -0.25) is 9.59 Å². The minimum atomic E-state index is 0.0370. The first kappa shape index (κ1) is 18.5. The fraction of sp³-hybridized carbons (Fsp3) is 0.762. The zero-order valence-electron chi connectivity index (χ0n) is 16.6. The van der Waals surface area contributed by atoms with E-state index in [1.54, 1.807) is 6.20 Å². The summed E-state index contributed by atoms with van der Waals surface area (Å²) in [6.45, 7) is 5.68. The van der Waals surface area contributed by atoms with Crippen LogP contribution in [0.4, 0.5) is 5.82 Å². The van der Waals surface area contributed by atoms with Crippen LogP contribution < -0.4 is 5.32 Å². The molecule has 148 valence electrons. The molecule has 27 heavy (non-hydrogen) atoms. The molecule has 1 aromatic heterocycles. The van der Waals surface area contributed by atoms with Crippen molar-refractivity contribution in [1.82, 2.24) is 14.7 Å². The number of nitrogens with one attached hydrogen (secondary N) is 1. The first-order valence-electron chi connectivity index (χ1n) is 10.6. The molecule has 1 atom stereocenters. The molecule has 2 aliphatic carbocycles. The predicted octanol–water partition coefficient (Wildman–Crippen LogP) is 3.61. The van der Waals surface area contributed by atoms with Crippen LogP contribution in [-0.4, -0.2) is 39.6 Å². The third-order valence-corrected chi connectivity index (χ3v) is 6.74. The van der Waals surface area contributed by atoms with E-state index in [2.05, 4.69) is 15.3 Å². The maximum Gasteiger partial charge on any atom is 0.226 e. The summed E-state index contributed by atoms with van der Waals surface area (Å²) in [6, 6.07) is 2.11. The van der Waals surface area contributed by atoms with Gasteiger partial charge in [-0.05, 0) is 43.4 Å². The summed E-state index contributed by atoms with van der Waals surface area (Å²) >= 11 is 0. The molecule has 2 amide bonds. The maximum absolute atomic E-state index is 12.9. The molecule has 4 rings (SSSR count). The minimum absolute atomic E-state index is 0.0370. The molecule has 1 spiro atoms. The van der Waals surface area contributed by atoms with Gasteiger partial charge in [0.15, 0.2) is 0 Å². The molecule has 0 aromatic carbocycles. The van der Waals surface area contributed by atoms with Crippen LogP contribution in [0.5, 0.6) is 0 Å². The number of nitrogens with zero attached hydrogens (tertiary/aromatic N) is 3. The molecule has 3 fully saturated rings. The highest BCUT2D eigenvalue weighted by Gasteiger charge is 2.59. The molecule has 2 heterocycles. The van der Waals surface area contributed by atoms with Crippen LogP contribution in [0.2, 0.25) is 0 Å². The van der Waals surface area contributed by atoms with Crippen LogP contribution in [0, 0.1) is 17.3 Å². The summed E-state index contributed by atoms with van der Waals surface area (Å²) in [7, 11) is 0. The van der Waals surface area contributed by atoms with Crippen LogP contribution in [0.1, 0.15) is 71.3 Å². The zero-order chi connectivity index (χ0) is 19.0. The van der Waals surface area contributed by atoms with Gasteiger partial charge in [0, 0.05) is 31.5 Å². The highest BCUT2D eigenvalue weighted by atomic mass is 16.2. The van der Waals surface area contributed by atoms with E-state index < -0.39 is 0 Å². The van der Waals surface area contributed by atoms with Gasteiger partial charge in [-0.25, -0.2) is 4.68 Å². The van der Waals surface area contributed by atoms with Crippen molar-refractivity contribution in [1.29, 1.82) is 0 Å². The van der Waals surface area contributed by atoms with Crippen LogP contribution in [-0.2, 0) is 9.59 Å². The van der Waals surface area contributed by atoms with Crippen molar-refractivity contribution in [3.63, 3.8) is 0 Å². The molecule has 0 bridgehead atoms. The van der Waals surface area contributed by atoms with Gasteiger partial charge in [0.2, 0.25) is 11.8 Å². The van der Waals surface area contributed by atoms with Gasteiger partial charge in [0.25, 0.3) is 0 Å². The van der Waals surface area contributed by atoms with E-state index in [1.165, 1.54) is 25.7 Å². The quantitative estimate of drug-likeness (QED) is 0.858. The van der Waals surface area contributed by atoms with E-state index >= 15 is 0 Å². The van der Waals surface area contributed by atoms with Crippen LogP contribution in [0.3, 0.4) is 0 Å². The Morgan fingerprint density at radius 2 is 1.96 bits per heavy atom. The lowest BCUT2D eigenvalue weighted by Crippen LogP contribution is -2.41. The number of anilines is 1. The first-order chi connectivity index (χ1) is 13.0. The topological polar surface area (TPSA) is 67.2 Å². The molecule has 0 radical (unpaired) electrons. The summed E-state index contributed by atoms with van der Waals surface area (Å²) in [5.41, 5.74) is 0.379. The third kappa shape index (κ3) is 3.76. The lowest BCUT2D eigenvalue weighted by molar-refractivity contribution is -0.134. The summed E-state index contributed by atoms with van der Waals surface area (Å²) in [4.78, 5) is 27.1. The van der Waals surface area contributed by atoms with Crippen molar-refractivity contribution in [3.8, 4) is 0 Å². The van der Waals surface area contributed by atoms with Gasteiger partial charge < -0.3 is 10.2 Å². The molecule has 6 nitrogen and oxygen atoms in total. The summed E-state index contributed by atoms with van der Waals surface area (Å²) in [5, 5.41) is 7.44. The smallest absolute Gasteiger partial charge is 0.226 e. The van der Waals surface area contributed by atoms with Crippen LogP contribution >= 0.6 is 0 Å². The number of amides is 2. The average Bonchev–Trinajstić information content (AvgIpc) is 2.95. The van der Waals surface area contributed by atoms with Gasteiger partial charge >= 0.3 is 0 Å². The average molecular weight is 373 g/mol. The molecule has 1 N–H and O–H groups in total. The fourth-order valence-electron chi connectivity index (χ4n) is 5.15. The molecular weight excluding hydrogens is 340 g/mol. The number of rotatable bonds is 5. The maximum atomic E-state index is 12.9. The van der Waals surface area contributed by atoms with Crippen LogP contribution in [0.15, 0.2) is 12.3 Å². The Morgan fingerprint density at radius 3 is 2.63 bits per heavy atom. The van der Waals surface area contributed by atoms with Crippen molar-refractivity contribution < 1.29 is 9.59 Å². The lowest BCUT2D eigenvalue weighted by atomic mass is 10.00. The van der Waals surface area contributed by atoms with Crippen LogP contribution in [0.25, 0.3) is 0 Å². The second-order valence-corrected chi connectivity index (χ2v) is 9.19. The lowest BCUT2D eigenvalue weighted by Gasteiger charge is -2.33. The zero-order valence-corrected chi connectivity index (χ0v) is 16.6. The Balaban J connectivity index is 1.32. The third-order valence-electron chi connectivity index (χ3n) is 6.74. The first-order valence-corrected chi connectivity index (χ1v) is 10.6. The molecule has 3 aliphatic rings. The number of piperidine rings is 1. The minimum Gasteiger partial charge on any atom is -0.342 e. The van der Waals surface area contributed by atoms with Gasteiger partial charge in [0.1, 0.15) is 5.82 Å². The fourth-order valence-corrected chi connectivity index (χ4v) is 5.15. The Bertz CT molecular complexity index is 697.